The molecule has 0 saturated carbocycles. The van der Waals surface area contributed by atoms with Crippen LogP contribution in [0.2, 0.25) is 0 Å². The van der Waals surface area contributed by atoms with Gasteiger partial charge in [0.25, 0.3) is 0 Å². The number of aromatic nitrogens is 4. The molecule has 0 bridgehead atoms. The summed E-state index contributed by atoms with van der Waals surface area (Å²) in [7, 11) is 0. The molecule has 8 heteroatoms. The Balaban J connectivity index is 1.42. The van der Waals surface area contributed by atoms with Crippen molar-refractivity contribution < 1.29 is 9.18 Å². The number of hydrogen-bond acceptors (Lipinski definition) is 5. The molecule has 0 spiro atoms. The van der Waals surface area contributed by atoms with E-state index in [0.717, 1.165) is 17.7 Å². The van der Waals surface area contributed by atoms with E-state index < -0.39 is 0 Å². The normalized spacial score (nSPS) is 10.7. The van der Waals surface area contributed by atoms with Crippen molar-refractivity contribution in [3.8, 4) is 5.69 Å². The highest BCUT2D eigenvalue weighted by Gasteiger charge is 2.13. The fourth-order valence-electron chi connectivity index (χ4n) is 2.97. The second-order valence-corrected chi connectivity index (χ2v) is 7.45. The van der Waals surface area contributed by atoms with E-state index in [2.05, 4.69) is 33.0 Å². The first-order valence-electron chi connectivity index (χ1n) is 9.28. The molecule has 6 nitrogen and oxygen atoms in total. The maximum Gasteiger partial charge on any atom is 0.234 e. The monoisotopic (exact) mass is 419 g/mol. The number of nitrogens with zero attached hydrogens (tertiary/aromatic N) is 4. The lowest BCUT2D eigenvalue weighted by Crippen LogP contribution is -2.16. The Morgan fingerprint density at radius 1 is 1.00 bits per heavy atom. The van der Waals surface area contributed by atoms with E-state index in [9.17, 15) is 9.18 Å². The molecule has 0 unspecified atom stereocenters. The van der Waals surface area contributed by atoms with Gasteiger partial charge in [-0.2, -0.15) is 4.68 Å². The largest absolute Gasteiger partial charge is 0.325 e. The number of tetrazole rings is 1. The Morgan fingerprint density at radius 2 is 1.80 bits per heavy atom. The minimum atomic E-state index is -0.383. The molecule has 4 aromatic rings. The van der Waals surface area contributed by atoms with Crippen LogP contribution in [0.4, 0.5) is 10.1 Å². The Labute approximate surface area is 177 Å². The lowest BCUT2D eigenvalue weighted by atomic mass is 10.0. The summed E-state index contributed by atoms with van der Waals surface area (Å²) in [6, 6.07) is 23.8. The minimum absolute atomic E-state index is 0.120. The van der Waals surface area contributed by atoms with Gasteiger partial charge >= 0.3 is 0 Å². The maximum absolute atomic E-state index is 13.5. The molecule has 30 heavy (non-hydrogen) atoms. The minimum Gasteiger partial charge on any atom is -0.325 e. The quantitative estimate of drug-likeness (QED) is 0.456. The van der Waals surface area contributed by atoms with Gasteiger partial charge in [0.2, 0.25) is 11.1 Å². The third-order valence-corrected chi connectivity index (χ3v) is 5.27. The van der Waals surface area contributed by atoms with Crippen molar-refractivity contribution in [2.45, 2.75) is 11.6 Å². The number of thioether (sulfide) groups is 1. The van der Waals surface area contributed by atoms with E-state index >= 15 is 0 Å². The molecule has 0 radical (unpaired) electrons. The highest BCUT2D eigenvalue weighted by molar-refractivity contribution is 7.99. The van der Waals surface area contributed by atoms with Crippen molar-refractivity contribution >= 4 is 23.4 Å². The number of anilines is 1. The fourth-order valence-corrected chi connectivity index (χ4v) is 3.66. The van der Waals surface area contributed by atoms with Crippen LogP contribution < -0.4 is 5.32 Å². The van der Waals surface area contributed by atoms with Gasteiger partial charge in [-0.05, 0) is 52.2 Å². The summed E-state index contributed by atoms with van der Waals surface area (Å²) in [4.78, 5) is 12.5. The van der Waals surface area contributed by atoms with Crippen LogP contribution in [0.5, 0.6) is 0 Å². The number of hydrogen-bond donors (Lipinski definition) is 1. The second kappa shape index (κ2) is 9.32. The van der Waals surface area contributed by atoms with Gasteiger partial charge in [-0.25, -0.2) is 4.39 Å². The van der Waals surface area contributed by atoms with Crippen LogP contribution in [-0.2, 0) is 11.2 Å². The Morgan fingerprint density at radius 3 is 2.63 bits per heavy atom. The third-order valence-electron chi connectivity index (χ3n) is 4.35. The lowest BCUT2D eigenvalue weighted by molar-refractivity contribution is -0.113. The molecule has 0 atom stereocenters. The number of benzene rings is 3. The van der Waals surface area contributed by atoms with Crippen LogP contribution in [0.15, 0.2) is 84.0 Å². The Hall–Kier alpha value is -3.52. The van der Waals surface area contributed by atoms with Gasteiger partial charge in [-0.15, -0.1) is 5.10 Å². The lowest BCUT2D eigenvalue weighted by Gasteiger charge is -2.11. The van der Waals surface area contributed by atoms with Gasteiger partial charge in [0.1, 0.15) is 5.82 Å². The number of rotatable bonds is 7. The summed E-state index contributed by atoms with van der Waals surface area (Å²) in [5.74, 6) is -0.434. The number of amides is 1. The summed E-state index contributed by atoms with van der Waals surface area (Å²) in [6.07, 6.45) is 0.724. The van der Waals surface area contributed by atoms with Crippen molar-refractivity contribution in [3.63, 3.8) is 0 Å². The molecule has 0 saturated heterocycles. The van der Waals surface area contributed by atoms with Crippen LogP contribution >= 0.6 is 11.8 Å². The number of nitrogens with one attached hydrogen (secondary N) is 1. The topological polar surface area (TPSA) is 72.7 Å². The van der Waals surface area contributed by atoms with E-state index in [-0.39, 0.29) is 17.5 Å². The highest BCUT2D eigenvalue weighted by Crippen LogP contribution is 2.22. The van der Waals surface area contributed by atoms with Crippen LogP contribution in [0.1, 0.15) is 11.1 Å². The molecular weight excluding hydrogens is 401 g/mol. The number of halogens is 1. The summed E-state index contributed by atoms with van der Waals surface area (Å²) >= 11 is 1.18. The fraction of sp³-hybridized carbons (Fsp3) is 0.0909. The molecule has 1 amide bonds. The van der Waals surface area contributed by atoms with Crippen LogP contribution in [0, 0.1) is 5.82 Å². The molecule has 4 rings (SSSR count). The average molecular weight is 419 g/mol. The van der Waals surface area contributed by atoms with Crippen molar-refractivity contribution in [1.82, 2.24) is 20.2 Å². The Kier molecular flexibility index (Phi) is 6.14. The molecule has 1 heterocycles. The SMILES string of the molecule is O=C(CSc1nnnn1-c1cccc(F)c1)Nc1ccccc1Cc1ccccc1. The zero-order valence-electron chi connectivity index (χ0n) is 15.9. The standard InChI is InChI=1S/C22H18FN5OS/c23-18-10-6-11-19(14-18)28-22(25-26-27-28)30-15-21(29)24-20-12-5-4-9-17(20)13-16-7-2-1-3-8-16/h1-12,14H,13,15H2,(H,24,29). The smallest absolute Gasteiger partial charge is 0.234 e. The van der Waals surface area contributed by atoms with Gasteiger partial charge in [0, 0.05) is 5.69 Å². The van der Waals surface area contributed by atoms with Crippen molar-refractivity contribution in [2.75, 3.05) is 11.1 Å². The molecule has 1 aromatic heterocycles. The zero-order valence-corrected chi connectivity index (χ0v) is 16.7. The first-order valence-corrected chi connectivity index (χ1v) is 10.3. The van der Waals surface area contributed by atoms with E-state index in [1.165, 1.54) is 34.1 Å². The van der Waals surface area contributed by atoms with E-state index in [1.54, 1.807) is 12.1 Å². The molecule has 0 aliphatic rings. The molecule has 150 valence electrons. The number of para-hydroxylation sites is 1. The maximum atomic E-state index is 13.5. The average Bonchev–Trinajstić information content (AvgIpc) is 3.23. The molecule has 0 fully saturated rings. The third kappa shape index (κ3) is 4.90. The first-order chi connectivity index (χ1) is 14.7. The summed E-state index contributed by atoms with van der Waals surface area (Å²) in [6.45, 7) is 0. The van der Waals surface area contributed by atoms with Gasteiger partial charge in [0.15, 0.2) is 0 Å². The van der Waals surface area contributed by atoms with E-state index in [4.69, 9.17) is 0 Å². The van der Waals surface area contributed by atoms with Gasteiger partial charge in [-0.3, -0.25) is 4.79 Å². The van der Waals surface area contributed by atoms with E-state index in [0.29, 0.717) is 10.8 Å². The second-order valence-electron chi connectivity index (χ2n) is 6.51. The molecular formula is C22H18FN5OS. The number of carbonyl (C=O) groups is 1. The predicted octanol–water partition coefficient (Wildman–Crippen LogP) is 4.12. The van der Waals surface area contributed by atoms with Crippen LogP contribution in [0.3, 0.4) is 0 Å². The predicted molar refractivity (Wildman–Crippen MR) is 114 cm³/mol. The van der Waals surface area contributed by atoms with Gasteiger partial charge in [-0.1, -0.05) is 66.4 Å². The Bertz CT molecular complexity index is 1150. The number of carbonyl (C=O) groups excluding carboxylic acids is 1. The van der Waals surface area contributed by atoms with E-state index in [1.807, 2.05) is 42.5 Å². The van der Waals surface area contributed by atoms with Crippen molar-refractivity contribution in [2.24, 2.45) is 0 Å². The van der Waals surface area contributed by atoms with Crippen molar-refractivity contribution in [1.29, 1.82) is 0 Å². The summed E-state index contributed by atoms with van der Waals surface area (Å²) < 4.78 is 14.9. The summed E-state index contributed by atoms with van der Waals surface area (Å²) in [5, 5.41) is 14.8. The zero-order chi connectivity index (χ0) is 20.8. The molecule has 0 aliphatic carbocycles. The van der Waals surface area contributed by atoms with Gasteiger partial charge in [0.05, 0.1) is 11.4 Å². The van der Waals surface area contributed by atoms with Crippen molar-refractivity contribution in [3.05, 3.63) is 95.8 Å². The first kappa shape index (κ1) is 19.8. The molecule has 3 aromatic carbocycles. The van der Waals surface area contributed by atoms with Crippen LogP contribution in [0.25, 0.3) is 5.69 Å². The molecule has 0 aliphatic heterocycles. The van der Waals surface area contributed by atoms with Gasteiger partial charge < -0.3 is 5.32 Å². The van der Waals surface area contributed by atoms with Crippen LogP contribution in [-0.4, -0.2) is 31.9 Å². The summed E-state index contributed by atoms with van der Waals surface area (Å²) in [5.41, 5.74) is 3.47. The highest BCUT2D eigenvalue weighted by atomic mass is 32.2. The molecule has 1 N–H and O–H groups in total.